The number of anilines is 3. The average Bonchev–Trinajstić information content (AvgIpc) is 0.677. The van der Waals surface area contributed by atoms with Crippen molar-refractivity contribution >= 4 is 40.2 Å². The fourth-order valence-electron chi connectivity index (χ4n) is 13.9. The van der Waals surface area contributed by atoms with Crippen LogP contribution in [0, 0.1) is 22.7 Å². The van der Waals surface area contributed by atoms with E-state index in [9.17, 15) is 10.5 Å². The molecule has 0 bridgehead atoms. The highest BCUT2D eigenvalue weighted by atomic mass is 15.2. The number of nitrogens with zero attached hydrogens (tertiary/aromatic N) is 3. The van der Waals surface area contributed by atoms with E-state index in [2.05, 4.69) is 319 Å². The molecule has 11 aromatic carbocycles. The second kappa shape index (κ2) is 21.8. The molecule has 2 aliphatic rings. The lowest BCUT2D eigenvalue weighted by Gasteiger charge is -2.49. The zero-order valence-corrected chi connectivity index (χ0v) is 53.5. The standard InChI is InChI=1S/C85H76BN3/c1-81(2,3)67-43-62(44-68(51-67)82(4,5)6)60-39-41-73-75(48-60)86-76-49-61(63-45-69(83(7,8)9)52-70(46-63)84(10,11)12)40-42-77(76)89(80-71(58-35-31-55(53-87)32-36-58)29-22-30-72(80)59-37-33-56(54-88)34-38-59)78-50-64(57-23-16-13-17-24-57)47-74(79(78)86)85(73,65-25-18-14-19-26-65)66-27-20-15-21-28-66/h13-52H,1-12H3. The van der Waals surface area contributed by atoms with Crippen LogP contribution in [0.5, 0.6) is 0 Å². The third-order valence-corrected chi connectivity index (χ3v) is 18.9. The number of fused-ring (bicyclic) bond motifs is 4. The van der Waals surface area contributed by atoms with Gasteiger partial charge in [-0.15, -0.1) is 0 Å². The van der Waals surface area contributed by atoms with Crippen LogP contribution >= 0.6 is 0 Å². The fraction of sp³-hybridized carbons (Fsp3) is 0.200. The Morgan fingerprint density at radius 2 is 0.730 bits per heavy atom. The van der Waals surface area contributed by atoms with Gasteiger partial charge in [0, 0.05) is 22.5 Å². The molecule has 0 unspecified atom stereocenters. The lowest BCUT2D eigenvalue weighted by Crippen LogP contribution is -2.65. The zero-order valence-electron chi connectivity index (χ0n) is 53.5. The highest BCUT2D eigenvalue weighted by Gasteiger charge is 2.52. The Balaban J connectivity index is 1.24. The van der Waals surface area contributed by atoms with E-state index in [1.807, 2.05) is 24.3 Å². The minimum Gasteiger partial charge on any atom is -0.310 e. The molecule has 4 heteroatoms. The predicted molar refractivity (Wildman–Crippen MR) is 376 cm³/mol. The summed E-state index contributed by atoms with van der Waals surface area (Å²) >= 11 is 0. The number of para-hydroxylation sites is 1. The quantitative estimate of drug-likeness (QED) is 0.143. The summed E-state index contributed by atoms with van der Waals surface area (Å²) in [6, 6.07) is 95.3. The Bertz CT molecular complexity index is 4450. The Morgan fingerprint density at radius 1 is 0.326 bits per heavy atom. The van der Waals surface area contributed by atoms with Gasteiger partial charge in [0.05, 0.1) is 34.4 Å². The molecule has 0 atom stereocenters. The Hall–Kier alpha value is -9.74. The number of hydrogen-bond acceptors (Lipinski definition) is 3. The van der Waals surface area contributed by atoms with Crippen molar-refractivity contribution < 1.29 is 0 Å². The van der Waals surface area contributed by atoms with Crippen LogP contribution in [0.1, 0.15) is 139 Å². The van der Waals surface area contributed by atoms with Crippen LogP contribution in [-0.2, 0) is 27.1 Å². The van der Waals surface area contributed by atoms with E-state index in [1.54, 1.807) is 0 Å². The van der Waals surface area contributed by atoms with Gasteiger partial charge in [-0.25, -0.2) is 0 Å². The van der Waals surface area contributed by atoms with Crippen molar-refractivity contribution in [2.45, 2.75) is 110 Å². The van der Waals surface area contributed by atoms with Crippen LogP contribution in [0.3, 0.4) is 0 Å². The molecule has 0 N–H and O–H groups in total. The summed E-state index contributed by atoms with van der Waals surface area (Å²) in [6.45, 7) is 27.7. The molecular formula is C85H76BN3. The highest BCUT2D eigenvalue weighted by Crippen LogP contribution is 2.54. The van der Waals surface area contributed by atoms with Crippen molar-refractivity contribution in [1.29, 1.82) is 10.5 Å². The van der Waals surface area contributed by atoms with Crippen LogP contribution in [-0.4, -0.2) is 6.71 Å². The number of benzene rings is 11. The van der Waals surface area contributed by atoms with Crippen LogP contribution in [0.15, 0.2) is 243 Å². The third-order valence-electron chi connectivity index (χ3n) is 18.9. The van der Waals surface area contributed by atoms with E-state index >= 15 is 0 Å². The van der Waals surface area contributed by atoms with Gasteiger partial charge in [-0.2, -0.15) is 10.5 Å². The largest absolute Gasteiger partial charge is 0.310 e. The van der Waals surface area contributed by atoms with E-state index in [-0.39, 0.29) is 28.4 Å². The lowest BCUT2D eigenvalue weighted by molar-refractivity contribution is 0.568. The molecule has 13 rings (SSSR count). The summed E-state index contributed by atoms with van der Waals surface area (Å²) < 4.78 is 0. The van der Waals surface area contributed by atoms with Crippen molar-refractivity contribution in [1.82, 2.24) is 0 Å². The summed E-state index contributed by atoms with van der Waals surface area (Å²) in [5.74, 6) is 0. The van der Waals surface area contributed by atoms with Gasteiger partial charge in [-0.1, -0.05) is 289 Å². The Kier molecular flexibility index (Phi) is 14.3. The molecular weight excluding hydrogens is 1070 g/mol. The summed E-state index contributed by atoms with van der Waals surface area (Å²) in [5.41, 5.74) is 27.9. The average molecular weight is 1150 g/mol. The van der Waals surface area contributed by atoms with E-state index in [4.69, 9.17) is 0 Å². The van der Waals surface area contributed by atoms with Gasteiger partial charge in [0.25, 0.3) is 0 Å². The first kappa shape index (κ1) is 58.3. The smallest absolute Gasteiger partial charge is 0.247 e. The molecule has 2 heterocycles. The predicted octanol–water partition coefficient (Wildman–Crippen LogP) is 20.0. The molecule has 2 aliphatic heterocycles. The highest BCUT2D eigenvalue weighted by molar-refractivity contribution is 6.99. The molecule has 3 nitrogen and oxygen atoms in total. The first-order valence-electron chi connectivity index (χ1n) is 31.4. The summed E-state index contributed by atoms with van der Waals surface area (Å²) in [6.07, 6.45) is 0. The molecule has 0 saturated heterocycles. The molecule has 434 valence electrons. The normalized spacial score (nSPS) is 13.4. The zero-order chi connectivity index (χ0) is 62.4. The van der Waals surface area contributed by atoms with Gasteiger partial charge >= 0.3 is 0 Å². The maximum Gasteiger partial charge on any atom is 0.247 e. The van der Waals surface area contributed by atoms with Crippen molar-refractivity contribution in [3.63, 3.8) is 0 Å². The van der Waals surface area contributed by atoms with E-state index in [0.717, 1.165) is 56.0 Å². The van der Waals surface area contributed by atoms with E-state index in [0.29, 0.717) is 11.1 Å². The first-order valence-corrected chi connectivity index (χ1v) is 31.4. The molecule has 0 spiro atoms. The number of hydrogen-bond donors (Lipinski definition) is 0. The maximum atomic E-state index is 10.2. The minimum atomic E-state index is -0.822. The van der Waals surface area contributed by atoms with Gasteiger partial charge in [-0.3, -0.25) is 0 Å². The summed E-state index contributed by atoms with van der Waals surface area (Å²) in [5, 5.41) is 20.4. The van der Waals surface area contributed by atoms with Gasteiger partial charge in [0.15, 0.2) is 0 Å². The lowest BCUT2D eigenvalue weighted by atomic mass is 9.29. The molecule has 11 aromatic rings. The fourth-order valence-corrected chi connectivity index (χ4v) is 13.9. The van der Waals surface area contributed by atoms with Crippen molar-refractivity contribution in [3.8, 4) is 67.8 Å². The second-order valence-corrected chi connectivity index (χ2v) is 28.8. The first-order chi connectivity index (χ1) is 42.5. The molecule has 0 saturated carbocycles. The van der Waals surface area contributed by atoms with Gasteiger partial charge in [0.2, 0.25) is 6.71 Å². The number of rotatable bonds is 8. The molecule has 0 aromatic heterocycles. The van der Waals surface area contributed by atoms with Crippen molar-refractivity contribution in [2.24, 2.45) is 0 Å². The molecule has 0 fully saturated rings. The van der Waals surface area contributed by atoms with Crippen molar-refractivity contribution in [2.75, 3.05) is 4.90 Å². The van der Waals surface area contributed by atoms with Crippen LogP contribution in [0.4, 0.5) is 17.1 Å². The Labute approximate surface area is 528 Å². The van der Waals surface area contributed by atoms with Crippen molar-refractivity contribution in [3.05, 3.63) is 298 Å². The molecule has 0 aliphatic carbocycles. The van der Waals surface area contributed by atoms with Gasteiger partial charge < -0.3 is 4.90 Å². The third kappa shape index (κ3) is 10.3. The van der Waals surface area contributed by atoms with Crippen LogP contribution in [0.25, 0.3) is 55.6 Å². The topological polar surface area (TPSA) is 50.8 Å². The minimum absolute atomic E-state index is 0.0890. The van der Waals surface area contributed by atoms with E-state index < -0.39 is 5.41 Å². The SMILES string of the molecule is CC(C)(C)c1cc(-c2ccc3c(c2)B2c4cc(-c5cc(C(C)(C)C)cc(C(C)(C)C)c5)ccc4C(c4ccccc4)(c4ccccc4)c4cc(-c5ccccc5)cc(c42)N3c2c(-c3ccc(C#N)cc3)cccc2-c2ccc(C#N)cc2)cc(C(C)(C)C)c1. The molecule has 0 amide bonds. The van der Waals surface area contributed by atoms with E-state index in [1.165, 1.54) is 77.6 Å². The van der Waals surface area contributed by atoms with Gasteiger partial charge in [0.1, 0.15) is 0 Å². The van der Waals surface area contributed by atoms with Crippen LogP contribution < -0.4 is 21.3 Å². The maximum absolute atomic E-state index is 10.2. The Morgan fingerprint density at radius 3 is 1.17 bits per heavy atom. The summed E-state index contributed by atoms with van der Waals surface area (Å²) in [4.78, 5) is 2.59. The molecule has 0 radical (unpaired) electrons. The monoisotopic (exact) mass is 1150 g/mol. The summed E-state index contributed by atoms with van der Waals surface area (Å²) in [7, 11) is 0. The number of nitriles is 2. The second-order valence-electron chi connectivity index (χ2n) is 28.8. The van der Waals surface area contributed by atoms with Gasteiger partial charge in [-0.05, 0) is 164 Å². The van der Waals surface area contributed by atoms with Crippen LogP contribution in [0.2, 0.25) is 0 Å². The molecule has 89 heavy (non-hydrogen) atoms.